The minimum absolute atomic E-state index is 0.0557. The zero-order chi connectivity index (χ0) is 15.3. The summed E-state index contributed by atoms with van der Waals surface area (Å²) in [4.78, 5) is 14.1. The van der Waals surface area contributed by atoms with Gasteiger partial charge in [0.05, 0.1) is 25.3 Å². The van der Waals surface area contributed by atoms with Crippen LogP contribution in [0.15, 0.2) is 0 Å². The lowest BCUT2D eigenvalue weighted by Gasteiger charge is -2.30. The highest BCUT2D eigenvalue weighted by atomic mass is 16.3. The average Bonchev–Trinajstić information content (AvgIpc) is 3.12. The van der Waals surface area contributed by atoms with E-state index in [1.165, 1.54) is 0 Å². The van der Waals surface area contributed by atoms with Crippen LogP contribution in [0.4, 0.5) is 0 Å². The molecule has 0 bridgehead atoms. The number of nitriles is 1. The number of nitrogens with one attached hydrogen (secondary N) is 1. The number of carbonyl (C=O) groups is 1. The number of hydrogen-bond acceptors (Lipinski definition) is 4. The van der Waals surface area contributed by atoms with Gasteiger partial charge in [-0.3, -0.25) is 4.79 Å². The monoisotopic (exact) mass is 289 g/mol. The molecule has 2 N–H and O–H groups in total. The average molecular weight is 289 g/mol. The van der Waals surface area contributed by atoms with Crippen LogP contribution in [-0.4, -0.2) is 46.7 Å². The van der Waals surface area contributed by atoms with Crippen LogP contribution in [0.2, 0.25) is 0 Å². The summed E-state index contributed by atoms with van der Waals surface area (Å²) in [6, 6.07) is 1.67. The summed E-state index contributed by atoms with van der Waals surface area (Å²) in [6.45, 7) is 1.97. The zero-order valence-corrected chi connectivity index (χ0v) is 12.6. The highest BCUT2D eigenvalue weighted by Crippen LogP contribution is 2.29. The Kier molecular flexibility index (Phi) is 5.22. The van der Waals surface area contributed by atoms with E-state index in [0.29, 0.717) is 6.42 Å². The van der Waals surface area contributed by atoms with Crippen LogP contribution in [0, 0.1) is 23.2 Å². The van der Waals surface area contributed by atoms with Crippen LogP contribution in [0.3, 0.4) is 0 Å². The minimum atomic E-state index is -0.376. The quantitative estimate of drug-likeness (QED) is 0.750. The van der Waals surface area contributed by atoms with Crippen LogP contribution < -0.4 is 5.32 Å². The highest BCUT2D eigenvalue weighted by molar-refractivity contribution is 5.80. The maximum atomic E-state index is 12.5. The van der Waals surface area contributed by atoms with Crippen molar-refractivity contribution in [3.8, 4) is 17.9 Å². The number of aliphatic hydroxyl groups excluding tert-OH is 1. The second kappa shape index (κ2) is 6.93. The molecule has 2 unspecified atom stereocenters. The summed E-state index contributed by atoms with van der Waals surface area (Å²) in [5, 5.41) is 22.0. The van der Waals surface area contributed by atoms with Crippen molar-refractivity contribution in [2.24, 2.45) is 0 Å². The van der Waals surface area contributed by atoms with Gasteiger partial charge in [0.2, 0.25) is 5.91 Å². The molecule has 2 atom stereocenters. The van der Waals surface area contributed by atoms with Crippen molar-refractivity contribution in [3.63, 3.8) is 0 Å². The molecule has 0 radical (unpaired) electrons. The zero-order valence-electron chi connectivity index (χ0n) is 12.6. The number of amides is 1. The summed E-state index contributed by atoms with van der Waals surface area (Å²) in [5.41, 5.74) is -0.316. The van der Waals surface area contributed by atoms with Crippen molar-refractivity contribution in [2.45, 2.75) is 63.1 Å². The maximum absolute atomic E-state index is 12.5. The first-order chi connectivity index (χ1) is 10.2. The second-order valence-electron chi connectivity index (χ2n) is 5.93. The van der Waals surface area contributed by atoms with Gasteiger partial charge in [0.1, 0.15) is 6.04 Å². The molecule has 1 aliphatic heterocycles. The molecule has 1 heterocycles. The maximum Gasteiger partial charge on any atom is 0.238 e. The molecule has 2 aliphatic rings. The fraction of sp³-hybridized carbons (Fsp3) is 0.750. The molecule has 5 nitrogen and oxygen atoms in total. The number of carbonyl (C=O) groups excluding carboxylic acids is 1. The Bertz CT molecular complexity index is 480. The largest absolute Gasteiger partial charge is 0.394 e. The van der Waals surface area contributed by atoms with Gasteiger partial charge in [0.15, 0.2) is 0 Å². The minimum Gasteiger partial charge on any atom is -0.394 e. The topological polar surface area (TPSA) is 76.4 Å². The van der Waals surface area contributed by atoms with E-state index in [2.05, 4.69) is 23.2 Å². The molecule has 1 saturated carbocycles. The third kappa shape index (κ3) is 3.37. The molecule has 5 heteroatoms. The van der Waals surface area contributed by atoms with Gasteiger partial charge in [0, 0.05) is 5.54 Å². The van der Waals surface area contributed by atoms with Crippen molar-refractivity contribution in [1.82, 2.24) is 10.2 Å². The van der Waals surface area contributed by atoms with Gasteiger partial charge in [0.25, 0.3) is 0 Å². The van der Waals surface area contributed by atoms with Crippen molar-refractivity contribution in [1.29, 1.82) is 5.26 Å². The van der Waals surface area contributed by atoms with Gasteiger partial charge in [-0.2, -0.15) is 5.26 Å². The lowest BCUT2D eigenvalue weighted by molar-refractivity contribution is -0.131. The van der Waals surface area contributed by atoms with Crippen molar-refractivity contribution >= 4 is 5.91 Å². The SMILES string of the molecule is CC#CC1CCC(C#N)N1C(=O)CNC1(CO)CCCC1. The third-order valence-corrected chi connectivity index (χ3v) is 4.61. The van der Waals surface area contributed by atoms with Crippen LogP contribution in [-0.2, 0) is 4.79 Å². The van der Waals surface area contributed by atoms with E-state index in [1.807, 2.05) is 0 Å². The van der Waals surface area contributed by atoms with Gasteiger partial charge in [-0.1, -0.05) is 18.8 Å². The fourth-order valence-electron chi connectivity index (χ4n) is 3.39. The first-order valence-electron chi connectivity index (χ1n) is 7.65. The first-order valence-corrected chi connectivity index (χ1v) is 7.65. The molecule has 1 amide bonds. The van der Waals surface area contributed by atoms with Crippen LogP contribution in [0.1, 0.15) is 45.4 Å². The predicted octanol–water partition coefficient (Wildman–Crippen LogP) is 0.788. The normalized spacial score (nSPS) is 27.0. The number of nitrogens with zero attached hydrogens (tertiary/aromatic N) is 2. The predicted molar refractivity (Wildman–Crippen MR) is 79.0 cm³/mol. The van der Waals surface area contributed by atoms with Crippen molar-refractivity contribution in [3.05, 3.63) is 0 Å². The van der Waals surface area contributed by atoms with E-state index in [0.717, 1.165) is 32.1 Å². The van der Waals surface area contributed by atoms with Gasteiger partial charge in [-0.15, -0.1) is 5.92 Å². The van der Waals surface area contributed by atoms with E-state index < -0.39 is 0 Å². The van der Waals surface area contributed by atoms with E-state index >= 15 is 0 Å². The Labute approximate surface area is 126 Å². The van der Waals surface area contributed by atoms with E-state index in [1.54, 1.807) is 11.8 Å². The van der Waals surface area contributed by atoms with Gasteiger partial charge < -0.3 is 15.3 Å². The summed E-state index contributed by atoms with van der Waals surface area (Å²) < 4.78 is 0. The highest BCUT2D eigenvalue weighted by Gasteiger charge is 2.38. The summed E-state index contributed by atoms with van der Waals surface area (Å²) in [5.74, 6) is 5.77. The smallest absolute Gasteiger partial charge is 0.238 e. The van der Waals surface area contributed by atoms with Gasteiger partial charge in [-0.25, -0.2) is 0 Å². The number of rotatable bonds is 4. The molecule has 0 aromatic carbocycles. The third-order valence-electron chi connectivity index (χ3n) is 4.61. The first kappa shape index (κ1) is 15.8. The van der Waals surface area contributed by atoms with Gasteiger partial charge in [-0.05, 0) is 32.6 Å². The second-order valence-corrected chi connectivity index (χ2v) is 5.93. The number of aliphatic hydroxyl groups is 1. The molecule has 0 spiro atoms. The fourth-order valence-corrected chi connectivity index (χ4v) is 3.39. The molecule has 1 aliphatic carbocycles. The van der Waals surface area contributed by atoms with Gasteiger partial charge >= 0.3 is 0 Å². The molecular weight excluding hydrogens is 266 g/mol. The van der Waals surface area contributed by atoms with Crippen LogP contribution in [0.25, 0.3) is 0 Å². The van der Waals surface area contributed by atoms with E-state index in [-0.39, 0.29) is 36.7 Å². The summed E-state index contributed by atoms with van der Waals surface area (Å²) in [7, 11) is 0. The van der Waals surface area contributed by atoms with Crippen molar-refractivity contribution in [2.75, 3.05) is 13.2 Å². The number of likely N-dealkylation sites (tertiary alicyclic amines) is 1. The molecule has 114 valence electrons. The number of hydrogen-bond donors (Lipinski definition) is 2. The standard InChI is InChI=1S/C16H23N3O2/c1-2-5-13-6-7-14(10-17)19(13)15(21)11-18-16(12-20)8-3-4-9-16/h13-14,18,20H,3-4,6-9,11-12H2,1H3. The Morgan fingerprint density at radius 1 is 1.38 bits per heavy atom. The lowest BCUT2D eigenvalue weighted by Crippen LogP contribution is -2.52. The lowest BCUT2D eigenvalue weighted by atomic mass is 9.99. The van der Waals surface area contributed by atoms with Crippen molar-refractivity contribution < 1.29 is 9.90 Å². The molecule has 1 saturated heterocycles. The Morgan fingerprint density at radius 3 is 2.62 bits per heavy atom. The molecular formula is C16H23N3O2. The molecule has 21 heavy (non-hydrogen) atoms. The van der Waals surface area contributed by atoms with E-state index in [4.69, 9.17) is 0 Å². The molecule has 2 fully saturated rings. The Morgan fingerprint density at radius 2 is 2.05 bits per heavy atom. The van der Waals surface area contributed by atoms with Crippen LogP contribution >= 0.6 is 0 Å². The Balaban J connectivity index is 2.00. The molecule has 0 aromatic heterocycles. The summed E-state index contributed by atoms with van der Waals surface area (Å²) >= 11 is 0. The molecule has 0 aromatic rings. The molecule has 2 rings (SSSR count). The van der Waals surface area contributed by atoms with Crippen LogP contribution in [0.5, 0.6) is 0 Å². The summed E-state index contributed by atoms with van der Waals surface area (Å²) in [6.07, 6.45) is 5.41. The Hall–Kier alpha value is -1.56. The van der Waals surface area contributed by atoms with E-state index in [9.17, 15) is 15.2 Å².